The summed E-state index contributed by atoms with van der Waals surface area (Å²) in [5.74, 6) is -0.721. The number of para-hydroxylation sites is 2. The minimum absolute atomic E-state index is 0.251. The van der Waals surface area contributed by atoms with Gasteiger partial charge in [0.15, 0.2) is 0 Å². The van der Waals surface area contributed by atoms with Gasteiger partial charge >= 0.3 is 5.97 Å². The molecule has 0 radical (unpaired) electrons. The van der Waals surface area contributed by atoms with Crippen molar-refractivity contribution >= 4 is 28.5 Å². The maximum atomic E-state index is 13.1. The van der Waals surface area contributed by atoms with E-state index in [2.05, 4.69) is 10.3 Å². The van der Waals surface area contributed by atoms with Crippen molar-refractivity contribution in [2.24, 2.45) is 0 Å². The smallest absolute Gasteiger partial charge is 0.328 e. The SMILES string of the molecule is COC(=O)[C@H](Cc1c[nH]c2ccccc12)NC(=O)C(C)(C)N(C)c1ccccc1. The van der Waals surface area contributed by atoms with Crippen LogP contribution in [0.5, 0.6) is 0 Å². The van der Waals surface area contributed by atoms with E-state index in [0.29, 0.717) is 6.42 Å². The van der Waals surface area contributed by atoms with Crippen LogP contribution in [-0.4, -0.2) is 42.6 Å². The van der Waals surface area contributed by atoms with Crippen LogP contribution >= 0.6 is 0 Å². The van der Waals surface area contributed by atoms with E-state index in [1.807, 2.05) is 86.6 Å². The first-order valence-corrected chi connectivity index (χ1v) is 9.57. The normalized spacial score (nSPS) is 12.4. The molecule has 0 aliphatic rings. The van der Waals surface area contributed by atoms with Crippen LogP contribution in [0.2, 0.25) is 0 Å². The van der Waals surface area contributed by atoms with Crippen LogP contribution in [-0.2, 0) is 20.7 Å². The Hall–Kier alpha value is -3.28. The molecule has 0 bridgehead atoms. The Labute approximate surface area is 170 Å². The lowest BCUT2D eigenvalue weighted by atomic mass is 9.99. The summed E-state index contributed by atoms with van der Waals surface area (Å²) in [4.78, 5) is 30.6. The number of amides is 1. The molecule has 6 nitrogen and oxygen atoms in total. The molecule has 152 valence electrons. The van der Waals surface area contributed by atoms with Crippen LogP contribution in [0.4, 0.5) is 5.69 Å². The first kappa shape index (κ1) is 20.5. The van der Waals surface area contributed by atoms with Gasteiger partial charge in [0.05, 0.1) is 7.11 Å². The molecule has 0 aliphatic heterocycles. The van der Waals surface area contributed by atoms with Crippen molar-refractivity contribution < 1.29 is 14.3 Å². The fourth-order valence-electron chi connectivity index (χ4n) is 3.32. The quantitative estimate of drug-likeness (QED) is 0.604. The van der Waals surface area contributed by atoms with E-state index in [-0.39, 0.29) is 5.91 Å². The van der Waals surface area contributed by atoms with E-state index in [4.69, 9.17) is 4.74 Å². The number of carbonyl (C=O) groups excluding carboxylic acids is 2. The number of fused-ring (bicyclic) bond motifs is 1. The molecule has 0 spiro atoms. The van der Waals surface area contributed by atoms with Crippen LogP contribution < -0.4 is 10.2 Å². The van der Waals surface area contributed by atoms with Gasteiger partial charge in [-0.05, 0) is 37.6 Å². The minimum Gasteiger partial charge on any atom is -0.467 e. The van der Waals surface area contributed by atoms with Crippen molar-refractivity contribution in [3.8, 4) is 0 Å². The van der Waals surface area contributed by atoms with Crippen LogP contribution in [0.3, 0.4) is 0 Å². The zero-order valence-electron chi connectivity index (χ0n) is 17.2. The lowest BCUT2D eigenvalue weighted by Crippen LogP contribution is -2.57. The number of hydrogen-bond acceptors (Lipinski definition) is 4. The fourth-order valence-corrected chi connectivity index (χ4v) is 3.32. The zero-order valence-corrected chi connectivity index (χ0v) is 17.2. The number of ether oxygens (including phenoxy) is 1. The number of nitrogens with one attached hydrogen (secondary N) is 2. The number of likely N-dealkylation sites (N-methyl/N-ethyl adjacent to an activating group) is 1. The van der Waals surface area contributed by atoms with E-state index >= 15 is 0 Å². The van der Waals surface area contributed by atoms with Crippen LogP contribution in [0, 0.1) is 0 Å². The van der Waals surface area contributed by atoms with E-state index in [1.54, 1.807) is 0 Å². The van der Waals surface area contributed by atoms with Gasteiger partial charge in [0.2, 0.25) is 5.91 Å². The summed E-state index contributed by atoms with van der Waals surface area (Å²) in [7, 11) is 3.19. The first-order valence-electron chi connectivity index (χ1n) is 9.57. The van der Waals surface area contributed by atoms with Gasteiger partial charge in [-0.15, -0.1) is 0 Å². The number of esters is 1. The average Bonchev–Trinajstić information content (AvgIpc) is 3.15. The highest BCUT2D eigenvalue weighted by Crippen LogP contribution is 2.23. The molecule has 0 fully saturated rings. The molecule has 29 heavy (non-hydrogen) atoms. The standard InChI is InChI=1S/C23H27N3O3/c1-23(2,26(3)17-10-6-5-7-11-17)22(28)25-20(21(27)29-4)14-16-15-24-19-13-9-8-12-18(16)19/h5-13,15,20,24H,14H2,1-4H3,(H,25,28)/t20-/m0/s1. The first-order chi connectivity index (χ1) is 13.8. The summed E-state index contributed by atoms with van der Waals surface area (Å²) in [6, 6.07) is 16.7. The second kappa shape index (κ2) is 8.39. The Morgan fingerprint density at radius 3 is 2.45 bits per heavy atom. The molecule has 0 saturated carbocycles. The number of H-pyrrole nitrogens is 1. The van der Waals surface area contributed by atoms with Crippen molar-refractivity contribution in [1.82, 2.24) is 10.3 Å². The number of methoxy groups -OCH3 is 1. The van der Waals surface area contributed by atoms with Crippen LogP contribution in [0.15, 0.2) is 60.8 Å². The van der Waals surface area contributed by atoms with Crippen molar-refractivity contribution in [2.45, 2.75) is 31.8 Å². The topological polar surface area (TPSA) is 74.4 Å². The summed E-state index contributed by atoms with van der Waals surface area (Å²) in [5, 5.41) is 3.92. The Kier molecular flexibility index (Phi) is 5.92. The predicted molar refractivity (Wildman–Crippen MR) is 115 cm³/mol. The summed E-state index contributed by atoms with van der Waals surface area (Å²) in [6.45, 7) is 3.66. The summed E-state index contributed by atoms with van der Waals surface area (Å²) >= 11 is 0. The Balaban J connectivity index is 1.81. The molecule has 2 N–H and O–H groups in total. The number of anilines is 1. The number of hydrogen-bond donors (Lipinski definition) is 2. The molecular weight excluding hydrogens is 366 g/mol. The van der Waals surface area contributed by atoms with Gasteiger partial charge in [-0.3, -0.25) is 4.79 Å². The lowest BCUT2D eigenvalue weighted by Gasteiger charge is -2.36. The van der Waals surface area contributed by atoms with Gasteiger partial charge in [-0.1, -0.05) is 36.4 Å². The van der Waals surface area contributed by atoms with E-state index in [1.165, 1.54) is 7.11 Å². The molecule has 1 aromatic heterocycles. The van der Waals surface area contributed by atoms with Crippen molar-refractivity contribution in [3.05, 3.63) is 66.4 Å². The number of aromatic amines is 1. The van der Waals surface area contributed by atoms with Gasteiger partial charge < -0.3 is 19.9 Å². The fraction of sp³-hybridized carbons (Fsp3) is 0.304. The van der Waals surface area contributed by atoms with Gasteiger partial charge in [0.25, 0.3) is 0 Å². The molecule has 6 heteroatoms. The van der Waals surface area contributed by atoms with Crippen molar-refractivity contribution in [1.29, 1.82) is 0 Å². The summed E-state index contributed by atoms with van der Waals surface area (Å²) in [6.07, 6.45) is 2.21. The second-order valence-corrected chi connectivity index (χ2v) is 7.57. The monoisotopic (exact) mass is 393 g/mol. The maximum Gasteiger partial charge on any atom is 0.328 e. The van der Waals surface area contributed by atoms with Crippen molar-refractivity contribution in [2.75, 3.05) is 19.1 Å². The highest BCUT2D eigenvalue weighted by atomic mass is 16.5. The highest BCUT2D eigenvalue weighted by Gasteiger charge is 2.35. The van der Waals surface area contributed by atoms with E-state index < -0.39 is 17.6 Å². The third-order valence-corrected chi connectivity index (χ3v) is 5.43. The minimum atomic E-state index is -0.867. The van der Waals surface area contributed by atoms with E-state index in [9.17, 15) is 9.59 Å². The highest BCUT2D eigenvalue weighted by molar-refractivity contribution is 5.93. The molecule has 0 saturated heterocycles. The predicted octanol–water partition coefficient (Wildman–Crippen LogP) is 3.28. The van der Waals surface area contributed by atoms with Crippen LogP contribution in [0.25, 0.3) is 10.9 Å². The van der Waals surface area contributed by atoms with Gasteiger partial charge in [-0.2, -0.15) is 0 Å². The lowest BCUT2D eigenvalue weighted by molar-refractivity contribution is -0.145. The van der Waals surface area contributed by atoms with Gasteiger partial charge in [0.1, 0.15) is 11.6 Å². The zero-order chi connectivity index (χ0) is 21.0. The molecular formula is C23H27N3O3. The summed E-state index contributed by atoms with van der Waals surface area (Å²) < 4.78 is 4.95. The number of aromatic nitrogens is 1. The maximum absolute atomic E-state index is 13.1. The Bertz CT molecular complexity index is 995. The summed E-state index contributed by atoms with van der Waals surface area (Å²) in [5.41, 5.74) is 1.99. The molecule has 0 unspecified atom stereocenters. The molecule has 1 heterocycles. The van der Waals surface area contributed by atoms with Crippen LogP contribution in [0.1, 0.15) is 19.4 Å². The largest absolute Gasteiger partial charge is 0.467 e. The molecule has 1 amide bonds. The van der Waals surface area contributed by atoms with Gasteiger partial charge in [-0.25, -0.2) is 4.79 Å². The molecule has 1 atom stereocenters. The Morgan fingerprint density at radius 1 is 1.10 bits per heavy atom. The number of benzene rings is 2. The third kappa shape index (κ3) is 4.26. The third-order valence-electron chi connectivity index (χ3n) is 5.43. The second-order valence-electron chi connectivity index (χ2n) is 7.57. The number of carbonyl (C=O) groups is 2. The number of nitrogens with zero attached hydrogens (tertiary/aromatic N) is 1. The molecule has 0 aliphatic carbocycles. The molecule has 3 aromatic rings. The van der Waals surface area contributed by atoms with E-state index in [0.717, 1.165) is 22.2 Å². The molecule has 2 aromatic carbocycles. The molecule has 3 rings (SSSR count). The van der Waals surface area contributed by atoms with Gasteiger partial charge in [0, 0.05) is 36.3 Å². The number of rotatable bonds is 7. The average molecular weight is 393 g/mol. The van der Waals surface area contributed by atoms with Crippen molar-refractivity contribution in [3.63, 3.8) is 0 Å². The Morgan fingerprint density at radius 2 is 1.76 bits per heavy atom.